The number of aromatic nitrogens is 4. The van der Waals surface area contributed by atoms with E-state index in [0.29, 0.717) is 24.7 Å². The van der Waals surface area contributed by atoms with Crippen LogP contribution in [0, 0.1) is 0 Å². The van der Waals surface area contributed by atoms with Crippen LogP contribution in [0.5, 0.6) is 5.88 Å². The van der Waals surface area contributed by atoms with E-state index in [0.717, 1.165) is 42.7 Å². The van der Waals surface area contributed by atoms with Crippen LogP contribution in [0.1, 0.15) is 41.6 Å². The van der Waals surface area contributed by atoms with Crippen molar-refractivity contribution in [3.8, 4) is 5.88 Å². The minimum atomic E-state index is -0.0457. The molecule has 1 N–H and O–H groups in total. The molecule has 0 radical (unpaired) electrons. The molecule has 25 heavy (non-hydrogen) atoms. The first kappa shape index (κ1) is 14.5. The summed E-state index contributed by atoms with van der Waals surface area (Å²) in [4.78, 5) is 23.1. The lowest BCUT2D eigenvalue weighted by Gasteiger charge is -2.34. The zero-order valence-electron chi connectivity index (χ0n) is 13.8. The van der Waals surface area contributed by atoms with Gasteiger partial charge in [-0.15, -0.1) is 0 Å². The van der Waals surface area contributed by atoms with Gasteiger partial charge < -0.3 is 14.6 Å². The molecule has 7 nitrogen and oxygen atoms in total. The Hall–Kier alpha value is -2.83. The topological polar surface area (TPSA) is 76.0 Å². The van der Waals surface area contributed by atoms with Gasteiger partial charge in [-0.25, -0.2) is 9.67 Å². The third kappa shape index (κ3) is 2.38. The van der Waals surface area contributed by atoms with Gasteiger partial charge in [-0.3, -0.25) is 4.79 Å². The maximum atomic E-state index is 13.1. The highest BCUT2D eigenvalue weighted by Crippen LogP contribution is 2.32. The third-order valence-electron chi connectivity index (χ3n) is 5.00. The molecule has 0 spiro atoms. The fraction of sp³-hybridized carbons (Fsp3) is 0.389. The summed E-state index contributed by atoms with van der Waals surface area (Å²) in [5, 5.41) is 4.41. The Morgan fingerprint density at radius 1 is 1.24 bits per heavy atom. The van der Waals surface area contributed by atoms with Gasteiger partial charge in [0.25, 0.3) is 5.91 Å². The zero-order valence-corrected chi connectivity index (χ0v) is 13.8. The Balaban J connectivity index is 1.48. The van der Waals surface area contributed by atoms with Crippen molar-refractivity contribution in [3.05, 3.63) is 41.9 Å². The highest BCUT2D eigenvalue weighted by molar-refractivity contribution is 5.93. The van der Waals surface area contributed by atoms with E-state index in [1.165, 1.54) is 0 Å². The molecule has 1 unspecified atom stereocenters. The quantitative estimate of drug-likeness (QED) is 0.779. The molecular weight excluding hydrogens is 318 g/mol. The number of benzene rings is 1. The number of carbonyl (C=O) groups excluding carboxylic acids is 1. The molecule has 128 valence electrons. The van der Waals surface area contributed by atoms with Gasteiger partial charge >= 0.3 is 0 Å². The molecule has 1 aromatic carbocycles. The van der Waals surface area contributed by atoms with E-state index < -0.39 is 0 Å². The number of nitrogens with one attached hydrogen (secondary N) is 1. The molecule has 1 atom stereocenters. The second-order valence-electron chi connectivity index (χ2n) is 6.59. The maximum Gasteiger partial charge on any atom is 0.275 e. The lowest BCUT2D eigenvalue weighted by atomic mass is 10.0. The fourth-order valence-corrected chi connectivity index (χ4v) is 3.75. The number of ether oxygens (including phenoxy) is 1. The molecule has 5 rings (SSSR count). The van der Waals surface area contributed by atoms with Gasteiger partial charge in [-0.05, 0) is 31.4 Å². The Morgan fingerprint density at radius 3 is 3.04 bits per heavy atom. The molecule has 1 saturated heterocycles. The van der Waals surface area contributed by atoms with Crippen molar-refractivity contribution in [1.82, 2.24) is 24.6 Å². The number of carbonyl (C=O) groups is 1. The van der Waals surface area contributed by atoms with E-state index in [4.69, 9.17) is 9.72 Å². The van der Waals surface area contributed by atoms with Crippen molar-refractivity contribution < 1.29 is 9.53 Å². The molecule has 2 aliphatic heterocycles. The molecule has 3 aromatic rings. The van der Waals surface area contributed by atoms with Crippen LogP contribution >= 0.6 is 0 Å². The Kier molecular flexibility index (Phi) is 3.26. The first-order chi connectivity index (χ1) is 12.3. The number of H-pyrrole nitrogens is 1. The monoisotopic (exact) mass is 337 g/mol. The number of nitrogens with zero attached hydrogens (tertiary/aromatic N) is 4. The molecule has 2 aliphatic rings. The summed E-state index contributed by atoms with van der Waals surface area (Å²) in [6.07, 6.45) is 3.01. The molecule has 2 aromatic heterocycles. The lowest BCUT2D eigenvalue weighted by molar-refractivity contribution is 0.0594. The molecule has 4 heterocycles. The van der Waals surface area contributed by atoms with E-state index in [9.17, 15) is 4.79 Å². The second kappa shape index (κ2) is 5.61. The standard InChI is InChI=1S/C18H19N5O2/c24-18(14-11-16-23(21-14)9-10-25-16)22-8-4-3-7-15(22)17-19-12-5-1-2-6-13(12)20-17/h1-2,5-6,11,15H,3-4,7-10H2,(H,19,20). The molecule has 1 fully saturated rings. The van der Waals surface area contributed by atoms with Crippen LogP contribution in [-0.4, -0.2) is 43.7 Å². The van der Waals surface area contributed by atoms with Crippen LogP contribution in [0.2, 0.25) is 0 Å². The van der Waals surface area contributed by atoms with Crippen molar-refractivity contribution in [2.45, 2.75) is 31.8 Å². The Morgan fingerprint density at radius 2 is 2.16 bits per heavy atom. The third-order valence-corrected chi connectivity index (χ3v) is 5.00. The second-order valence-corrected chi connectivity index (χ2v) is 6.59. The minimum absolute atomic E-state index is 0.0360. The van der Waals surface area contributed by atoms with E-state index in [2.05, 4.69) is 10.1 Å². The lowest BCUT2D eigenvalue weighted by Crippen LogP contribution is -2.39. The summed E-state index contributed by atoms with van der Waals surface area (Å²) >= 11 is 0. The highest BCUT2D eigenvalue weighted by atomic mass is 16.5. The average Bonchev–Trinajstić information content (AvgIpc) is 3.34. The zero-order chi connectivity index (χ0) is 16.8. The van der Waals surface area contributed by atoms with E-state index in [1.807, 2.05) is 29.2 Å². The molecule has 0 saturated carbocycles. The fourth-order valence-electron chi connectivity index (χ4n) is 3.75. The van der Waals surface area contributed by atoms with Gasteiger partial charge in [0, 0.05) is 12.6 Å². The number of para-hydroxylation sites is 2. The summed E-state index contributed by atoms with van der Waals surface area (Å²) in [7, 11) is 0. The maximum absolute atomic E-state index is 13.1. The minimum Gasteiger partial charge on any atom is -0.476 e. The normalized spacial score (nSPS) is 19.8. The van der Waals surface area contributed by atoms with E-state index >= 15 is 0 Å². The highest BCUT2D eigenvalue weighted by Gasteiger charge is 2.33. The smallest absolute Gasteiger partial charge is 0.275 e. The van der Waals surface area contributed by atoms with Crippen LogP contribution in [0.15, 0.2) is 30.3 Å². The number of amides is 1. The Labute approximate surface area is 144 Å². The summed E-state index contributed by atoms with van der Waals surface area (Å²) in [6.45, 7) is 2.06. The summed E-state index contributed by atoms with van der Waals surface area (Å²) in [5.74, 6) is 1.49. The molecule has 1 amide bonds. The summed E-state index contributed by atoms with van der Waals surface area (Å²) < 4.78 is 7.24. The first-order valence-electron chi connectivity index (χ1n) is 8.76. The SMILES string of the molecule is O=C(c1cc2n(n1)CCO2)N1CCCCC1c1nc2ccccc2[nH]1. The van der Waals surface area contributed by atoms with Crippen LogP contribution in [0.4, 0.5) is 0 Å². The van der Waals surface area contributed by atoms with E-state index in [1.54, 1.807) is 10.7 Å². The summed E-state index contributed by atoms with van der Waals surface area (Å²) in [5.41, 5.74) is 2.40. The van der Waals surface area contributed by atoms with Crippen molar-refractivity contribution in [2.75, 3.05) is 13.2 Å². The number of aromatic amines is 1. The van der Waals surface area contributed by atoms with Crippen LogP contribution < -0.4 is 4.74 Å². The van der Waals surface area contributed by atoms with Crippen LogP contribution in [0.25, 0.3) is 11.0 Å². The predicted octanol–water partition coefficient (Wildman–Crippen LogP) is 2.52. The molecule has 7 heteroatoms. The van der Waals surface area contributed by atoms with Gasteiger partial charge in [0.05, 0.1) is 23.6 Å². The number of imidazole rings is 1. The van der Waals surface area contributed by atoms with Gasteiger partial charge in [0.15, 0.2) is 5.69 Å². The van der Waals surface area contributed by atoms with E-state index in [-0.39, 0.29) is 11.9 Å². The number of hydrogen-bond acceptors (Lipinski definition) is 4. The number of likely N-dealkylation sites (tertiary alicyclic amines) is 1. The predicted molar refractivity (Wildman–Crippen MR) is 91.4 cm³/mol. The van der Waals surface area contributed by atoms with Crippen molar-refractivity contribution in [3.63, 3.8) is 0 Å². The van der Waals surface area contributed by atoms with Gasteiger partial charge in [0.1, 0.15) is 12.4 Å². The number of rotatable bonds is 2. The number of fused-ring (bicyclic) bond motifs is 2. The number of piperidine rings is 1. The van der Waals surface area contributed by atoms with Gasteiger partial charge in [-0.2, -0.15) is 5.10 Å². The first-order valence-corrected chi connectivity index (χ1v) is 8.76. The van der Waals surface area contributed by atoms with Gasteiger partial charge in [0.2, 0.25) is 5.88 Å². The van der Waals surface area contributed by atoms with Gasteiger partial charge in [-0.1, -0.05) is 12.1 Å². The largest absolute Gasteiger partial charge is 0.476 e. The summed E-state index contributed by atoms with van der Waals surface area (Å²) in [6, 6.07) is 9.68. The van der Waals surface area contributed by atoms with Crippen molar-refractivity contribution in [2.24, 2.45) is 0 Å². The average molecular weight is 337 g/mol. The molecule has 0 aliphatic carbocycles. The Bertz CT molecular complexity index is 889. The number of hydrogen-bond donors (Lipinski definition) is 1. The van der Waals surface area contributed by atoms with Crippen molar-refractivity contribution in [1.29, 1.82) is 0 Å². The van der Waals surface area contributed by atoms with Crippen molar-refractivity contribution >= 4 is 16.9 Å². The van der Waals surface area contributed by atoms with Crippen LogP contribution in [0.3, 0.4) is 0 Å². The molecular formula is C18H19N5O2. The molecule has 0 bridgehead atoms. The van der Waals surface area contributed by atoms with Crippen LogP contribution in [-0.2, 0) is 6.54 Å².